The van der Waals surface area contributed by atoms with E-state index in [0.29, 0.717) is 11.3 Å². The molecule has 3 heterocycles. The SMILES string of the molecule is Nc1nc(-n2cccn2)c2ncn(Cc3ccc([N+](=O)[O-])c(C(F)(F)F)c3)c2n1. The zero-order chi connectivity index (χ0) is 20.8. The van der Waals surface area contributed by atoms with Crippen LogP contribution in [-0.4, -0.2) is 34.2 Å². The number of hydrogen-bond acceptors (Lipinski definition) is 7. The van der Waals surface area contributed by atoms with Gasteiger partial charge in [0.2, 0.25) is 5.95 Å². The number of imidazole rings is 1. The highest BCUT2D eigenvalue weighted by molar-refractivity contribution is 5.79. The Morgan fingerprint density at radius 2 is 2.03 bits per heavy atom. The molecule has 0 aliphatic carbocycles. The summed E-state index contributed by atoms with van der Waals surface area (Å²) in [5.74, 6) is 0.250. The fourth-order valence-corrected chi connectivity index (χ4v) is 2.88. The number of nitrogens with zero attached hydrogens (tertiary/aromatic N) is 7. The Morgan fingerprint density at radius 3 is 2.69 bits per heavy atom. The highest BCUT2D eigenvalue weighted by atomic mass is 19.4. The second-order valence-electron chi connectivity index (χ2n) is 6.01. The monoisotopic (exact) mass is 404 g/mol. The number of nitro benzene ring substituents is 1. The first-order chi connectivity index (χ1) is 13.7. The Labute approximate surface area is 159 Å². The molecule has 0 unspecified atom stereocenters. The molecule has 0 aliphatic rings. The smallest absolute Gasteiger partial charge is 0.368 e. The molecule has 1 aromatic carbocycles. The van der Waals surface area contributed by atoms with Crippen molar-refractivity contribution >= 4 is 22.8 Å². The number of fused-ring (bicyclic) bond motifs is 1. The van der Waals surface area contributed by atoms with Gasteiger partial charge in [-0.2, -0.15) is 28.2 Å². The first-order valence-electron chi connectivity index (χ1n) is 8.07. The predicted molar refractivity (Wildman–Crippen MR) is 94.1 cm³/mol. The third-order valence-electron chi connectivity index (χ3n) is 4.10. The maximum Gasteiger partial charge on any atom is 0.423 e. The van der Waals surface area contributed by atoms with E-state index in [9.17, 15) is 23.3 Å². The topological polar surface area (TPSA) is 131 Å². The number of nitro groups is 1. The predicted octanol–water partition coefficient (Wildman–Crippen LogP) is 2.57. The van der Waals surface area contributed by atoms with Crippen molar-refractivity contribution in [1.29, 1.82) is 0 Å². The van der Waals surface area contributed by atoms with Crippen LogP contribution < -0.4 is 5.73 Å². The van der Waals surface area contributed by atoms with E-state index in [1.54, 1.807) is 12.3 Å². The molecule has 0 aliphatic heterocycles. The van der Waals surface area contributed by atoms with Crippen LogP contribution in [0.2, 0.25) is 0 Å². The average molecular weight is 404 g/mol. The van der Waals surface area contributed by atoms with Crippen molar-refractivity contribution in [1.82, 2.24) is 29.3 Å². The van der Waals surface area contributed by atoms with Crippen LogP contribution in [0.4, 0.5) is 24.8 Å². The fraction of sp³-hybridized carbons (Fsp3) is 0.125. The maximum absolute atomic E-state index is 13.2. The summed E-state index contributed by atoms with van der Waals surface area (Å²) in [6, 6.07) is 4.49. The van der Waals surface area contributed by atoms with Crippen molar-refractivity contribution in [3.8, 4) is 5.82 Å². The van der Waals surface area contributed by atoms with Crippen molar-refractivity contribution in [2.45, 2.75) is 12.7 Å². The van der Waals surface area contributed by atoms with E-state index in [1.807, 2.05) is 0 Å². The first-order valence-corrected chi connectivity index (χ1v) is 8.07. The zero-order valence-corrected chi connectivity index (χ0v) is 14.4. The second-order valence-corrected chi connectivity index (χ2v) is 6.01. The summed E-state index contributed by atoms with van der Waals surface area (Å²) in [4.78, 5) is 22.3. The van der Waals surface area contributed by atoms with E-state index < -0.39 is 22.4 Å². The number of anilines is 1. The Balaban J connectivity index is 1.79. The van der Waals surface area contributed by atoms with Gasteiger partial charge in [0.05, 0.1) is 17.8 Å². The Hall–Kier alpha value is -4.03. The molecular weight excluding hydrogens is 393 g/mol. The van der Waals surface area contributed by atoms with Crippen molar-refractivity contribution in [3.05, 3.63) is 64.2 Å². The van der Waals surface area contributed by atoms with Crippen LogP contribution in [0.15, 0.2) is 43.0 Å². The summed E-state index contributed by atoms with van der Waals surface area (Å²) in [5.41, 5.74) is 4.24. The number of nitrogen functional groups attached to an aromatic ring is 1. The third kappa shape index (κ3) is 3.33. The minimum Gasteiger partial charge on any atom is -0.368 e. The normalized spacial score (nSPS) is 11.8. The number of aromatic nitrogens is 6. The number of nitrogens with two attached hydrogens (primary N) is 1. The molecule has 0 spiro atoms. The fourth-order valence-electron chi connectivity index (χ4n) is 2.88. The van der Waals surface area contributed by atoms with Crippen LogP contribution >= 0.6 is 0 Å². The molecule has 148 valence electrons. The van der Waals surface area contributed by atoms with E-state index in [-0.39, 0.29) is 23.7 Å². The number of rotatable bonds is 4. The molecule has 29 heavy (non-hydrogen) atoms. The Kier molecular flexibility index (Phi) is 4.14. The number of hydrogen-bond donors (Lipinski definition) is 1. The maximum atomic E-state index is 13.2. The molecule has 0 saturated carbocycles. The highest BCUT2D eigenvalue weighted by Crippen LogP contribution is 2.36. The Morgan fingerprint density at radius 1 is 1.24 bits per heavy atom. The molecule has 4 aromatic rings. The van der Waals surface area contributed by atoms with Gasteiger partial charge in [-0.05, 0) is 17.7 Å². The van der Waals surface area contributed by atoms with Crippen LogP contribution in [0.3, 0.4) is 0 Å². The first kappa shape index (κ1) is 18.3. The van der Waals surface area contributed by atoms with Crippen molar-refractivity contribution in [2.24, 2.45) is 0 Å². The van der Waals surface area contributed by atoms with E-state index in [0.717, 1.165) is 12.1 Å². The van der Waals surface area contributed by atoms with E-state index >= 15 is 0 Å². The van der Waals surface area contributed by atoms with Crippen LogP contribution in [0.1, 0.15) is 11.1 Å². The summed E-state index contributed by atoms with van der Waals surface area (Å²) in [7, 11) is 0. The molecular formula is C16H11F3N8O2. The van der Waals surface area contributed by atoms with Gasteiger partial charge in [0.1, 0.15) is 5.56 Å². The lowest BCUT2D eigenvalue weighted by molar-refractivity contribution is -0.388. The molecule has 0 radical (unpaired) electrons. The summed E-state index contributed by atoms with van der Waals surface area (Å²) >= 11 is 0. The van der Waals surface area contributed by atoms with Crippen LogP contribution in [0.5, 0.6) is 0 Å². The van der Waals surface area contributed by atoms with E-state index in [2.05, 4.69) is 20.1 Å². The van der Waals surface area contributed by atoms with Gasteiger partial charge in [-0.1, -0.05) is 6.07 Å². The molecule has 13 heteroatoms. The quantitative estimate of drug-likeness (QED) is 0.408. The molecule has 0 amide bonds. The van der Waals surface area contributed by atoms with Crippen LogP contribution in [0, 0.1) is 10.1 Å². The second kappa shape index (κ2) is 6.54. The molecule has 4 rings (SSSR count). The third-order valence-corrected chi connectivity index (χ3v) is 4.10. The molecule has 0 saturated heterocycles. The molecule has 0 fully saturated rings. The minimum atomic E-state index is -4.87. The van der Waals surface area contributed by atoms with Gasteiger partial charge in [-0.25, -0.2) is 9.67 Å². The lowest BCUT2D eigenvalue weighted by atomic mass is 10.1. The molecule has 3 aromatic heterocycles. The van der Waals surface area contributed by atoms with Gasteiger partial charge in [-0.15, -0.1) is 0 Å². The van der Waals surface area contributed by atoms with Gasteiger partial charge in [0, 0.05) is 18.5 Å². The average Bonchev–Trinajstić information content (AvgIpc) is 3.31. The summed E-state index contributed by atoms with van der Waals surface area (Å²) in [5, 5.41) is 15.0. The summed E-state index contributed by atoms with van der Waals surface area (Å²) < 4.78 is 42.5. The van der Waals surface area contributed by atoms with Crippen molar-refractivity contribution in [3.63, 3.8) is 0 Å². The van der Waals surface area contributed by atoms with Crippen LogP contribution in [-0.2, 0) is 12.7 Å². The van der Waals surface area contributed by atoms with Gasteiger partial charge < -0.3 is 10.3 Å². The largest absolute Gasteiger partial charge is 0.423 e. The van der Waals surface area contributed by atoms with Gasteiger partial charge in [-0.3, -0.25) is 10.1 Å². The van der Waals surface area contributed by atoms with Gasteiger partial charge in [0.25, 0.3) is 5.69 Å². The molecule has 0 atom stereocenters. The van der Waals surface area contributed by atoms with Gasteiger partial charge >= 0.3 is 6.18 Å². The summed E-state index contributed by atoms with van der Waals surface area (Å²) in [6.07, 6.45) is -0.321. The van der Waals surface area contributed by atoms with Crippen LogP contribution in [0.25, 0.3) is 17.0 Å². The highest BCUT2D eigenvalue weighted by Gasteiger charge is 2.38. The number of halogens is 3. The van der Waals surface area contributed by atoms with Crippen molar-refractivity contribution in [2.75, 3.05) is 5.73 Å². The van der Waals surface area contributed by atoms with Crippen molar-refractivity contribution < 1.29 is 18.1 Å². The van der Waals surface area contributed by atoms with E-state index in [4.69, 9.17) is 5.73 Å². The number of benzene rings is 1. The molecule has 2 N–H and O–H groups in total. The van der Waals surface area contributed by atoms with Gasteiger partial charge in [0.15, 0.2) is 17.0 Å². The van der Waals surface area contributed by atoms with E-state index in [1.165, 1.54) is 27.8 Å². The lowest BCUT2D eigenvalue weighted by Gasteiger charge is -2.10. The summed E-state index contributed by atoms with van der Waals surface area (Å²) in [6.45, 7) is -0.0629. The standard InChI is InChI=1S/C16H11F3N8O2/c17-16(18,19)10-6-9(2-3-11(10)27(28)29)7-25-8-21-12-13(25)23-15(20)24-14(12)26-5-1-4-22-26/h1-6,8H,7H2,(H2,20,23,24). The zero-order valence-electron chi connectivity index (χ0n) is 14.4. The molecule has 10 nitrogen and oxygen atoms in total. The minimum absolute atomic E-state index is 0.0629. The Bertz CT molecular complexity index is 1220. The molecule has 0 bridgehead atoms. The number of alkyl halides is 3. The lowest BCUT2D eigenvalue weighted by Crippen LogP contribution is -2.11.